The van der Waals surface area contributed by atoms with Crippen molar-refractivity contribution in [3.63, 3.8) is 0 Å². The second-order valence-corrected chi connectivity index (χ2v) is 10.6. The van der Waals surface area contributed by atoms with E-state index in [0.717, 1.165) is 16.7 Å². The van der Waals surface area contributed by atoms with Gasteiger partial charge in [0.05, 0.1) is 6.07 Å². The number of hydrogen-bond acceptors (Lipinski definition) is 5. The maximum Gasteiger partial charge on any atom is 0.408 e. The first-order chi connectivity index (χ1) is 17.2. The first kappa shape index (κ1) is 29.4. The molecule has 8 heteroatoms. The van der Waals surface area contributed by atoms with Gasteiger partial charge in [-0.25, -0.2) is 4.79 Å². The lowest BCUT2D eigenvalue weighted by atomic mass is 9.95. The van der Waals surface area contributed by atoms with Gasteiger partial charge in [-0.3, -0.25) is 9.59 Å². The summed E-state index contributed by atoms with van der Waals surface area (Å²) < 4.78 is 5.36. The number of ether oxygens (including phenoxy) is 1. The number of amides is 3. The highest BCUT2D eigenvalue weighted by Crippen LogP contribution is 2.29. The summed E-state index contributed by atoms with van der Waals surface area (Å²) in [4.78, 5) is 41.5. The summed E-state index contributed by atoms with van der Waals surface area (Å²) in [5.41, 5.74) is 3.13. The van der Waals surface area contributed by atoms with E-state index in [1.807, 2.05) is 57.2 Å². The van der Waals surface area contributed by atoms with Crippen LogP contribution in [0.25, 0.3) is 0 Å². The van der Waals surface area contributed by atoms with E-state index in [1.165, 1.54) is 4.90 Å². The van der Waals surface area contributed by atoms with Crippen molar-refractivity contribution >= 4 is 23.6 Å². The molecule has 37 heavy (non-hydrogen) atoms. The molecule has 0 bridgehead atoms. The summed E-state index contributed by atoms with van der Waals surface area (Å²) in [6.45, 7) is 14.1. The molecule has 198 valence electrons. The zero-order valence-electron chi connectivity index (χ0n) is 23.0. The molecule has 2 rings (SSSR count). The Balaban J connectivity index is 2.56. The molecule has 2 unspecified atom stereocenters. The van der Waals surface area contributed by atoms with Gasteiger partial charge in [0.2, 0.25) is 5.91 Å². The molecule has 0 saturated carbocycles. The minimum absolute atomic E-state index is 0.333. The third-order valence-corrected chi connectivity index (χ3v) is 5.81. The molecule has 2 atom stereocenters. The molecule has 3 amide bonds. The van der Waals surface area contributed by atoms with Gasteiger partial charge in [-0.05, 0) is 70.2 Å². The van der Waals surface area contributed by atoms with Crippen molar-refractivity contribution in [3.05, 3.63) is 64.7 Å². The standard InChI is InChI=1S/C29H38N4O4/c1-18(2)24(32-28(36)37-29(6,7)8)27(35)33(16-15-30)25(22-14-13-19(3)17-21(22)5)26(34)31-23-12-10-9-11-20(23)4/h9-14,17-18,24-25H,16H2,1-8H3,(H,31,34)(H,32,36). The van der Waals surface area contributed by atoms with Crippen LogP contribution in [0.1, 0.15) is 62.9 Å². The van der Waals surface area contributed by atoms with Crippen LogP contribution in [0.3, 0.4) is 0 Å². The molecule has 2 aromatic carbocycles. The van der Waals surface area contributed by atoms with Crippen LogP contribution in [-0.4, -0.2) is 41.0 Å². The Bertz CT molecular complexity index is 1180. The first-order valence-corrected chi connectivity index (χ1v) is 12.4. The molecule has 8 nitrogen and oxygen atoms in total. The van der Waals surface area contributed by atoms with Crippen LogP contribution < -0.4 is 10.6 Å². The van der Waals surface area contributed by atoms with Crippen LogP contribution in [0, 0.1) is 38.0 Å². The predicted octanol–water partition coefficient (Wildman–Crippen LogP) is 5.19. The zero-order chi connectivity index (χ0) is 27.9. The first-order valence-electron chi connectivity index (χ1n) is 12.4. The fraction of sp³-hybridized carbons (Fsp3) is 0.448. The van der Waals surface area contributed by atoms with Crippen molar-refractivity contribution in [1.82, 2.24) is 10.2 Å². The van der Waals surface area contributed by atoms with Crippen molar-refractivity contribution < 1.29 is 19.1 Å². The smallest absolute Gasteiger partial charge is 0.408 e. The average Bonchev–Trinajstić information content (AvgIpc) is 2.78. The van der Waals surface area contributed by atoms with E-state index in [1.54, 1.807) is 46.8 Å². The lowest BCUT2D eigenvalue weighted by molar-refractivity contribution is -0.141. The number of anilines is 1. The van der Waals surface area contributed by atoms with Crippen molar-refractivity contribution in [2.45, 2.75) is 73.1 Å². The van der Waals surface area contributed by atoms with Gasteiger partial charge >= 0.3 is 6.09 Å². The van der Waals surface area contributed by atoms with Crippen LogP contribution in [-0.2, 0) is 14.3 Å². The fourth-order valence-corrected chi connectivity index (χ4v) is 4.00. The Morgan fingerprint density at radius 1 is 1.03 bits per heavy atom. The fourth-order valence-electron chi connectivity index (χ4n) is 4.00. The van der Waals surface area contributed by atoms with Crippen molar-refractivity contribution in [2.24, 2.45) is 5.92 Å². The maximum atomic E-state index is 13.9. The maximum absolute atomic E-state index is 13.9. The summed E-state index contributed by atoms with van der Waals surface area (Å²) in [6, 6.07) is 12.8. The minimum atomic E-state index is -1.10. The third-order valence-electron chi connectivity index (χ3n) is 5.81. The Morgan fingerprint density at radius 3 is 2.22 bits per heavy atom. The SMILES string of the molecule is Cc1ccc(C(C(=O)Nc2ccccc2C)N(CC#N)C(=O)C(NC(=O)OC(C)(C)C)C(C)C)c(C)c1. The lowest BCUT2D eigenvalue weighted by Crippen LogP contribution is -2.54. The number of benzene rings is 2. The normalized spacial score (nSPS) is 12.8. The van der Waals surface area contributed by atoms with Gasteiger partial charge in [0, 0.05) is 5.69 Å². The van der Waals surface area contributed by atoms with Crippen LogP contribution in [0.2, 0.25) is 0 Å². The number of aryl methyl sites for hydroxylation is 3. The number of nitriles is 1. The number of para-hydroxylation sites is 1. The number of carbonyl (C=O) groups excluding carboxylic acids is 3. The molecule has 0 heterocycles. The molecule has 0 saturated heterocycles. The number of nitrogens with one attached hydrogen (secondary N) is 2. The van der Waals surface area contributed by atoms with Crippen molar-refractivity contribution in [1.29, 1.82) is 5.26 Å². The Hall–Kier alpha value is -3.86. The van der Waals surface area contributed by atoms with Gasteiger partial charge in [0.15, 0.2) is 0 Å². The molecular formula is C29H38N4O4. The molecule has 2 aromatic rings. The number of rotatable bonds is 8. The van der Waals surface area contributed by atoms with E-state index < -0.39 is 35.6 Å². The third kappa shape index (κ3) is 8.07. The minimum Gasteiger partial charge on any atom is -0.444 e. The van der Waals surface area contributed by atoms with E-state index in [9.17, 15) is 19.6 Å². The second-order valence-electron chi connectivity index (χ2n) is 10.6. The van der Waals surface area contributed by atoms with E-state index >= 15 is 0 Å². The van der Waals surface area contributed by atoms with Gasteiger partial charge in [0.25, 0.3) is 5.91 Å². The zero-order valence-corrected chi connectivity index (χ0v) is 23.0. The van der Waals surface area contributed by atoms with Gasteiger partial charge < -0.3 is 20.3 Å². The Labute approximate surface area is 220 Å². The molecule has 0 aliphatic heterocycles. The van der Waals surface area contributed by atoms with Gasteiger partial charge in [-0.2, -0.15) is 5.26 Å². The average molecular weight is 507 g/mol. The summed E-state index contributed by atoms with van der Waals surface area (Å²) in [6.07, 6.45) is -0.746. The highest BCUT2D eigenvalue weighted by molar-refractivity contribution is 5.99. The van der Waals surface area contributed by atoms with E-state index in [4.69, 9.17) is 4.74 Å². The predicted molar refractivity (Wildman–Crippen MR) is 144 cm³/mol. The number of alkyl carbamates (subject to hydrolysis) is 1. The molecule has 0 aliphatic rings. The monoisotopic (exact) mass is 506 g/mol. The van der Waals surface area contributed by atoms with E-state index in [0.29, 0.717) is 11.3 Å². The van der Waals surface area contributed by atoms with Crippen molar-refractivity contribution in [3.8, 4) is 6.07 Å². The second kappa shape index (κ2) is 12.4. The van der Waals surface area contributed by atoms with Crippen molar-refractivity contribution in [2.75, 3.05) is 11.9 Å². The number of nitrogens with zero attached hydrogens (tertiary/aromatic N) is 2. The van der Waals surface area contributed by atoms with Gasteiger partial charge in [0.1, 0.15) is 24.2 Å². The summed E-state index contributed by atoms with van der Waals surface area (Å²) >= 11 is 0. The van der Waals surface area contributed by atoms with E-state index in [-0.39, 0.29) is 12.5 Å². The quantitative estimate of drug-likeness (QED) is 0.479. The summed E-state index contributed by atoms with van der Waals surface area (Å²) in [5, 5.41) is 15.3. The summed E-state index contributed by atoms with van der Waals surface area (Å²) in [5.74, 6) is -1.34. The molecule has 0 radical (unpaired) electrons. The number of carbonyl (C=O) groups is 3. The molecule has 0 aliphatic carbocycles. The molecule has 0 aromatic heterocycles. The molecule has 0 spiro atoms. The lowest BCUT2D eigenvalue weighted by Gasteiger charge is -2.34. The van der Waals surface area contributed by atoms with Crippen LogP contribution in [0.4, 0.5) is 10.5 Å². The summed E-state index contributed by atoms with van der Waals surface area (Å²) in [7, 11) is 0. The highest BCUT2D eigenvalue weighted by Gasteiger charge is 2.38. The van der Waals surface area contributed by atoms with Crippen LogP contribution >= 0.6 is 0 Å². The largest absolute Gasteiger partial charge is 0.444 e. The Kier molecular flexibility index (Phi) is 9.84. The van der Waals surface area contributed by atoms with Crippen LogP contribution in [0.5, 0.6) is 0 Å². The topological polar surface area (TPSA) is 112 Å². The number of hydrogen-bond donors (Lipinski definition) is 2. The van der Waals surface area contributed by atoms with Gasteiger partial charge in [-0.1, -0.05) is 55.8 Å². The Morgan fingerprint density at radius 2 is 1.68 bits per heavy atom. The van der Waals surface area contributed by atoms with Gasteiger partial charge in [-0.15, -0.1) is 0 Å². The molecular weight excluding hydrogens is 468 g/mol. The highest BCUT2D eigenvalue weighted by atomic mass is 16.6. The van der Waals surface area contributed by atoms with Crippen LogP contribution in [0.15, 0.2) is 42.5 Å². The van der Waals surface area contributed by atoms with E-state index in [2.05, 4.69) is 10.6 Å². The molecule has 2 N–H and O–H groups in total. The molecule has 0 fully saturated rings.